The van der Waals surface area contributed by atoms with Crippen LogP contribution >= 0.6 is 0 Å². The van der Waals surface area contributed by atoms with Crippen molar-refractivity contribution in [2.24, 2.45) is 7.05 Å². The third-order valence-electron chi connectivity index (χ3n) is 4.43. The lowest BCUT2D eigenvalue weighted by molar-refractivity contribution is 0.414. The number of benzene rings is 2. The second-order valence-corrected chi connectivity index (χ2v) is 5.80. The molecule has 4 aromatic rings. The van der Waals surface area contributed by atoms with Crippen molar-refractivity contribution < 1.29 is 4.74 Å². The van der Waals surface area contributed by atoms with Crippen LogP contribution in [-0.4, -0.2) is 21.5 Å². The molecule has 0 atom stereocenters. The number of nitrogens with zero attached hydrogens (tertiary/aromatic N) is 3. The summed E-state index contributed by atoms with van der Waals surface area (Å²) in [5.41, 5.74) is 3.12. The van der Waals surface area contributed by atoms with Crippen molar-refractivity contribution >= 4 is 21.8 Å². The van der Waals surface area contributed by atoms with Crippen molar-refractivity contribution in [3.8, 4) is 11.4 Å². The van der Waals surface area contributed by atoms with E-state index in [1.807, 2.05) is 67.1 Å². The number of methoxy groups -OCH3 is 1. The van der Waals surface area contributed by atoms with Crippen LogP contribution in [0.5, 0.6) is 5.75 Å². The average Bonchev–Trinajstić information content (AvgIpc) is 2.92. The number of aromatic nitrogens is 3. The number of aryl methyl sites for hydroxylation is 2. The molecule has 2 aromatic carbocycles. The Balaban J connectivity index is 2.08. The van der Waals surface area contributed by atoms with Gasteiger partial charge in [-0.25, -0.2) is 0 Å². The Morgan fingerprint density at radius 2 is 1.75 bits per heavy atom. The summed E-state index contributed by atoms with van der Waals surface area (Å²) in [4.78, 5) is 13.1. The van der Waals surface area contributed by atoms with Gasteiger partial charge in [0.1, 0.15) is 11.3 Å². The van der Waals surface area contributed by atoms with Crippen molar-refractivity contribution in [1.82, 2.24) is 14.3 Å². The second-order valence-electron chi connectivity index (χ2n) is 5.80. The van der Waals surface area contributed by atoms with Crippen LogP contribution < -0.4 is 10.3 Å². The number of para-hydroxylation sites is 1. The fourth-order valence-electron chi connectivity index (χ4n) is 3.25. The van der Waals surface area contributed by atoms with Crippen LogP contribution in [0.25, 0.3) is 27.5 Å². The third-order valence-corrected chi connectivity index (χ3v) is 4.43. The minimum Gasteiger partial charge on any atom is -0.497 e. The van der Waals surface area contributed by atoms with E-state index >= 15 is 0 Å². The van der Waals surface area contributed by atoms with E-state index in [4.69, 9.17) is 4.74 Å². The van der Waals surface area contributed by atoms with Crippen molar-refractivity contribution in [3.63, 3.8) is 0 Å². The summed E-state index contributed by atoms with van der Waals surface area (Å²) in [7, 11) is 3.54. The molecule has 0 saturated heterocycles. The Morgan fingerprint density at radius 1 is 1.04 bits per heavy atom. The van der Waals surface area contributed by atoms with E-state index in [1.54, 1.807) is 7.11 Å². The molecule has 0 aliphatic rings. The molecule has 5 heteroatoms. The van der Waals surface area contributed by atoms with Gasteiger partial charge in [0.25, 0.3) is 5.56 Å². The van der Waals surface area contributed by atoms with Crippen LogP contribution in [0.15, 0.2) is 53.3 Å². The number of hydrogen-bond donors (Lipinski definition) is 0. The molecule has 0 amide bonds. The minimum absolute atomic E-state index is 0.125. The molecule has 0 N–H and O–H groups in total. The van der Waals surface area contributed by atoms with E-state index in [1.165, 1.54) is 4.68 Å². The molecule has 0 spiro atoms. The molecule has 2 heterocycles. The highest BCUT2D eigenvalue weighted by atomic mass is 16.5. The van der Waals surface area contributed by atoms with E-state index < -0.39 is 0 Å². The molecule has 0 unspecified atom stereocenters. The summed E-state index contributed by atoms with van der Waals surface area (Å²) in [6.45, 7) is 1.94. The van der Waals surface area contributed by atoms with Gasteiger partial charge in [0.05, 0.1) is 18.5 Å². The number of fused-ring (bicyclic) bond motifs is 3. The van der Waals surface area contributed by atoms with Crippen LogP contribution in [0.3, 0.4) is 0 Å². The molecule has 0 aliphatic carbocycles. The summed E-state index contributed by atoms with van der Waals surface area (Å²) in [5.74, 6) is 0.745. The lowest BCUT2D eigenvalue weighted by atomic mass is 10.1. The van der Waals surface area contributed by atoms with Crippen LogP contribution in [0.1, 0.15) is 5.69 Å². The smallest absolute Gasteiger partial charge is 0.296 e. The van der Waals surface area contributed by atoms with Crippen molar-refractivity contribution in [1.29, 1.82) is 0 Å². The predicted octanol–water partition coefficient (Wildman–Crippen LogP) is 3.19. The third kappa shape index (κ3) is 1.94. The zero-order valence-corrected chi connectivity index (χ0v) is 13.8. The van der Waals surface area contributed by atoms with Crippen LogP contribution in [-0.2, 0) is 7.05 Å². The maximum Gasteiger partial charge on any atom is 0.296 e. The highest BCUT2D eigenvalue weighted by molar-refractivity contribution is 6.08. The first-order valence-corrected chi connectivity index (χ1v) is 7.73. The van der Waals surface area contributed by atoms with Crippen LogP contribution in [0, 0.1) is 6.92 Å². The van der Waals surface area contributed by atoms with Gasteiger partial charge in [-0.15, -0.1) is 0 Å². The topological polar surface area (TPSA) is 49.0 Å². The van der Waals surface area contributed by atoms with Gasteiger partial charge in [-0.1, -0.05) is 18.2 Å². The molecule has 0 bridgehead atoms. The fourth-order valence-corrected chi connectivity index (χ4v) is 3.25. The van der Waals surface area contributed by atoms with Crippen molar-refractivity contribution in [2.75, 3.05) is 7.11 Å². The zero-order chi connectivity index (χ0) is 16.8. The lowest BCUT2D eigenvalue weighted by Gasteiger charge is -2.08. The normalized spacial score (nSPS) is 11.3. The molecule has 5 nitrogen and oxygen atoms in total. The lowest BCUT2D eigenvalue weighted by Crippen LogP contribution is -2.23. The molecule has 0 saturated carbocycles. The maximum absolute atomic E-state index is 13.1. The number of rotatable bonds is 2. The molecule has 0 radical (unpaired) electrons. The Bertz CT molecular complexity index is 1120. The Morgan fingerprint density at radius 3 is 2.46 bits per heavy atom. The molecule has 0 aliphatic heterocycles. The second kappa shape index (κ2) is 5.23. The fraction of sp³-hybridized carbons (Fsp3) is 0.158. The van der Waals surface area contributed by atoms with E-state index in [2.05, 4.69) is 5.10 Å². The van der Waals surface area contributed by atoms with E-state index in [-0.39, 0.29) is 5.56 Å². The van der Waals surface area contributed by atoms with Crippen molar-refractivity contribution in [3.05, 3.63) is 64.6 Å². The van der Waals surface area contributed by atoms with Gasteiger partial charge in [-0.05, 0) is 37.3 Å². The number of ether oxygens (including phenoxy) is 1. The van der Waals surface area contributed by atoms with Crippen LogP contribution in [0.2, 0.25) is 0 Å². The molecular formula is C19H17N3O2. The van der Waals surface area contributed by atoms with Gasteiger partial charge >= 0.3 is 0 Å². The Kier molecular flexibility index (Phi) is 3.16. The van der Waals surface area contributed by atoms with E-state index in [9.17, 15) is 4.79 Å². The van der Waals surface area contributed by atoms with E-state index in [0.29, 0.717) is 5.52 Å². The summed E-state index contributed by atoms with van der Waals surface area (Å²) in [6.07, 6.45) is 0. The summed E-state index contributed by atoms with van der Waals surface area (Å²) < 4.78 is 8.58. The Labute approximate surface area is 138 Å². The largest absolute Gasteiger partial charge is 0.497 e. The first-order chi connectivity index (χ1) is 11.6. The van der Waals surface area contributed by atoms with Gasteiger partial charge in [0.2, 0.25) is 0 Å². The van der Waals surface area contributed by atoms with Gasteiger partial charge in [-0.2, -0.15) is 9.78 Å². The first-order valence-electron chi connectivity index (χ1n) is 7.73. The van der Waals surface area contributed by atoms with Crippen molar-refractivity contribution in [2.45, 2.75) is 6.92 Å². The minimum atomic E-state index is -0.125. The quantitative estimate of drug-likeness (QED) is 0.570. The van der Waals surface area contributed by atoms with Crippen LogP contribution in [0.4, 0.5) is 0 Å². The SMILES string of the molecule is COc1ccc(-n2nc(C)c3c4ccccc4n(C)c3c2=O)cc1. The maximum atomic E-state index is 13.1. The van der Waals surface area contributed by atoms with Gasteiger partial charge in [-0.3, -0.25) is 4.79 Å². The number of hydrogen-bond acceptors (Lipinski definition) is 3. The summed E-state index contributed by atoms with van der Waals surface area (Å²) in [5, 5.41) is 6.51. The van der Waals surface area contributed by atoms with E-state index in [0.717, 1.165) is 33.4 Å². The Hall–Kier alpha value is -3.08. The molecule has 120 valence electrons. The molecule has 2 aromatic heterocycles. The highest BCUT2D eigenvalue weighted by Crippen LogP contribution is 2.27. The van der Waals surface area contributed by atoms with Gasteiger partial charge in [0, 0.05) is 23.3 Å². The summed E-state index contributed by atoms with van der Waals surface area (Å²) in [6, 6.07) is 15.3. The monoisotopic (exact) mass is 319 g/mol. The molecule has 4 rings (SSSR count). The molecule has 24 heavy (non-hydrogen) atoms. The van der Waals surface area contributed by atoms with Gasteiger partial charge < -0.3 is 9.30 Å². The average molecular weight is 319 g/mol. The molecular weight excluding hydrogens is 302 g/mol. The first kappa shape index (κ1) is 14.5. The predicted molar refractivity (Wildman–Crippen MR) is 95.1 cm³/mol. The zero-order valence-electron chi connectivity index (χ0n) is 13.8. The standard InChI is InChI=1S/C19H17N3O2/c1-12-17-15-6-4-5-7-16(15)21(2)18(17)19(23)22(20-12)13-8-10-14(24-3)11-9-13/h4-11H,1-3H3. The highest BCUT2D eigenvalue weighted by Gasteiger charge is 2.17. The summed E-state index contributed by atoms with van der Waals surface area (Å²) >= 11 is 0. The molecule has 0 fully saturated rings. The van der Waals surface area contributed by atoms with Gasteiger partial charge in [0.15, 0.2) is 0 Å².